The first-order valence-electron chi connectivity index (χ1n) is 10.3. The molecule has 3 amide bonds. The lowest BCUT2D eigenvalue weighted by Gasteiger charge is -2.17. The van der Waals surface area contributed by atoms with Crippen molar-refractivity contribution in [2.45, 2.75) is 44.6 Å². The van der Waals surface area contributed by atoms with Crippen LogP contribution in [0.3, 0.4) is 0 Å². The molecule has 2 aromatic carbocycles. The van der Waals surface area contributed by atoms with Crippen LogP contribution >= 0.6 is 0 Å². The number of urea groups is 1. The topological polar surface area (TPSA) is 79.5 Å². The van der Waals surface area contributed by atoms with Gasteiger partial charge in [-0.2, -0.15) is 0 Å². The lowest BCUT2D eigenvalue weighted by Crippen LogP contribution is -2.35. The highest BCUT2D eigenvalue weighted by molar-refractivity contribution is 5.96. The largest absolute Gasteiger partial charge is 0.376 e. The van der Waals surface area contributed by atoms with E-state index in [0.29, 0.717) is 17.9 Å². The summed E-state index contributed by atoms with van der Waals surface area (Å²) in [5.41, 5.74) is 2.39. The monoisotopic (exact) mass is 395 g/mol. The fourth-order valence-corrected chi connectivity index (χ4v) is 3.48. The molecule has 3 N–H and O–H groups in total. The fourth-order valence-electron chi connectivity index (χ4n) is 3.48. The maximum atomic E-state index is 12.8. The van der Waals surface area contributed by atoms with Crippen LogP contribution in [-0.2, 0) is 9.53 Å². The second kappa shape index (κ2) is 10.6. The van der Waals surface area contributed by atoms with E-state index in [-0.39, 0.29) is 24.0 Å². The molecule has 2 aromatic rings. The van der Waals surface area contributed by atoms with Gasteiger partial charge in [-0.15, -0.1) is 0 Å². The number of benzene rings is 2. The molecule has 1 saturated heterocycles. The number of hydrogen-bond acceptors (Lipinski definition) is 3. The van der Waals surface area contributed by atoms with Gasteiger partial charge in [0, 0.05) is 24.5 Å². The van der Waals surface area contributed by atoms with Crippen molar-refractivity contribution in [1.29, 1.82) is 0 Å². The highest BCUT2D eigenvalue weighted by atomic mass is 16.5. The number of nitrogens with one attached hydrogen (secondary N) is 3. The Labute approximate surface area is 172 Å². The Kier molecular flexibility index (Phi) is 7.64. The van der Waals surface area contributed by atoms with Crippen molar-refractivity contribution in [3.63, 3.8) is 0 Å². The van der Waals surface area contributed by atoms with Crippen molar-refractivity contribution in [3.05, 3.63) is 60.2 Å². The summed E-state index contributed by atoms with van der Waals surface area (Å²) in [5.74, 6) is -0.198. The van der Waals surface area contributed by atoms with Crippen molar-refractivity contribution in [2.75, 3.05) is 23.8 Å². The Hall–Kier alpha value is -2.86. The summed E-state index contributed by atoms with van der Waals surface area (Å²) in [4.78, 5) is 24.8. The normalized spacial score (nSPS) is 16.8. The molecule has 0 spiro atoms. The molecular weight excluding hydrogens is 366 g/mol. The molecule has 1 heterocycles. The van der Waals surface area contributed by atoms with Gasteiger partial charge in [0.15, 0.2) is 0 Å². The lowest BCUT2D eigenvalue weighted by atomic mass is 9.93. The number of carbonyl (C=O) groups excluding carboxylic acids is 2. The Morgan fingerprint density at radius 2 is 1.72 bits per heavy atom. The van der Waals surface area contributed by atoms with Gasteiger partial charge in [-0.05, 0) is 49.1 Å². The molecule has 2 atom stereocenters. The van der Waals surface area contributed by atoms with Crippen LogP contribution in [0, 0.1) is 0 Å². The van der Waals surface area contributed by atoms with Crippen LogP contribution in [0.5, 0.6) is 0 Å². The third-order valence-electron chi connectivity index (χ3n) is 5.02. The number of rotatable bonds is 8. The fraction of sp³-hybridized carbons (Fsp3) is 0.391. The van der Waals surface area contributed by atoms with E-state index in [1.165, 1.54) is 0 Å². The Bertz CT molecular complexity index is 787. The van der Waals surface area contributed by atoms with Crippen molar-refractivity contribution in [1.82, 2.24) is 5.32 Å². The molecule has 2 unspecified atom stereocenters. The highest BCUT2D eigenvalue weighted by Crippen LogP contribution is 2.24. The van der Waals surface area contributed by atoms with Crippen LogP contribution in [0.2, 0.25) is 0 Å². The van der Waals surface area contributed by atoms with Gasteiger partial charge in [0.2, 0.25) is 5.91 Å². The Balaban J connectivity index is 1.52. The van der Waals surface area contributed by atoms with Crippen LogP contribution < -0.4 is 16.0 Å². The smallest absolute Gasteiger partial charge is 0.319 e. The van der Waals surface area contributed by atoms with Crippen LogP contribution in [0.25, 0.3) is 0 Å². The first kappa shape index (κ1) is 20.9. The number of amides is 3. The summed E-state index contributed by atoms with van der Waals surface area (Å²) in [5, 5.41) is 8.60. The van der Waals surface area contributed by atoms with Crippen LogP contribution in [0.15, 0.2) is 54.6 Å². The van der Waals surface area contributed by atoms with Gasteiger partial charge in [0.05, 0.1) is 12.0 Å². The SMILES string of the molecule is CCCC(C(=O)Nc1ccc(NC(=O)NCC2CCCO2)cc1)c1ccccc1. The molecule has 6 heteroatoms. The minimum Gasteiger partial charge on any atom is -0.376 e. The van der Waals surface area contributed by atoms with Gasteiger partial charge in [-0.1, -0.05) is 43.7 Å². The molecule has 0 aliphatic carbocycles. The van der Waals surface area contributed by atoms with E-state index in [1.807, 2.05) is 30.3 Å². The minimum absolute atomic E-state index is 0.0203. The third kappa shape index (κ3) is 6.32. The Morgan fingerprint density at radius 1 is 1.03 bits per heavy atom. The molecule has 29 heavy (non-hydrogen) atoms. The number of hydrogen-bond donors (Lipinski definition) is 3. The summed E-state index contributed by atoms with van der Waals surface area (Å²) in [6, 6.07) is 16.7. The molecule has 1 aliphatic heterocycles. The van der Waals surface area contributed by atoms with E-state index < -0.39 is 0 Å². The summed E-state index contributed by atoms with van der Waals surface area (Å²) in [6.07, 6.45) is 3.86. The number of anilines is 2. The predicted molar refractivity (Wildman–Crippen MR) is 115 cm³/mol. The van der Waals surface area contributed by atoms with Crippen LogP contribution in [0.1, 0.15) is 44.1 Å². The first-order chi connectivity index (χ1) is 14.2. The van der Waals surface area contributed by atoms with Crippen molar-refractivity contribution < 1.29 is 14.3 Å². The summed E-state index contributed by atoms with van der Waals surface area (Å²) in [6.45, 7) is 3.36. The molecule has 6 nitrogen and oxygen atoms in total. The zero-order valence-electron chi connectivity index (χ0n) is 16.8. The van der Waals surface area contributed by atoms with Crippen LogP contribution in [-0.4, -0.2) is 31.2 Å². The summed E-state index contributed by atoms with van der Waals surface area (Å²) >= 11 is 0. The number of ether oxygens (including phenoxy) is 1. The van der Waals surface area contributed by atoms with E-state index in [0.717, 1.165) is 37.9 Å². The third-order valence-corrected chi connectivity index (χ3v) is 5.02. The van der Waals surface area contributed by atoms with Gasteiger partial charge >= 0.3 is 6.03 Å². The zero-order chi connectivity index (χ0) is 20.5. The standard InChI is InChI=1S/C23H29N3O3/c1-2-7-21(17-8-4-3-5-9-17)22(27)25-18-11-13-19(14-12-18)26-23(28)24-16-20-10-6-15-29-20/h3-5,8-9,11-14,20-21H,2,6-7,10,15-16H2,1H3,(H,25,27)(H2,24,26,28). The lowest BCUT2D eigenvalue weighted by molar-refractivity contribution is -0.117. The maximum Gasteiger partial charge on any atom is 0.319 e. The molecule has 0 bridgehead atoms. The van der Waals surface area contributed by atoms with E-state index in [2.05, 4.69) is 22.9 Å². The Morgan fingerprint density at radius 3 is 2.34 bits per heavy atom. The average molecular weight is 396 g/mol. The summed E-state index contributed by atoms with van der Waals surface area (Å²) < 4.78 is 5.49. The quantitative estimate of drug-likeness (QED) is 0.615. The first-order valence-corrected chi connectivity index (χ1v) is 10.3. The van der Waals surface area contributed by atoms with Gasteiger partial charge in [0.25, 0.3) is 0 Å². The van der Waals surface area contributed by atoms with Crippen molar-refractivity contribution in [2.24, 2.45) is 0 Å². The van der Waals surface area contributed by atoms with Gasteiger partial charge in [0.1, 0.15) is 0 Å². The maximum absolute atomic E-state index is 12.8. The molecule has 154 valence electrons. The van der Waals surface area contributed by atoms with E-state index in [9.17, 15) is 9.59 Å². The summed E-state index contributed by atoms with van der Waals surface area (Å²) in [7, 11) is 0. The van der Waals surface area contributed by atoms with E-state index in [4.69, 9.17) is 4.74 Å². The molecule has 1 aliphatic rings. The second-order valence-electron chi connectivity index (χ2n) is 7.29. The van der Waals surface area contributed by atoms with Crippen LogP contribution in [0.4, 0.5) is 16.2 Å². The predicted octanol–water partition coefficient (Wildman–Crippen LogP) is 4.51. The van der Waals surface area contributed by atoms with Gasteiger partial charge < -0.3 is 20.7 Å². The average Bonchev–Trinajstić information content (AvgIpc) is 3.26. The molecule has 3 rings (SSSR count). The highest BCUT2D eigenvalue weighted by Gasteiger charge is 2.20. The van der Waals surface area contributed by atoms with Gasteiger partial charge in [-0.3, -0.25) is 4.79 Å². The zero-order valence-corrected chi connectivity index (χ0v) is 16.8. The van der Waals surface area contributed by atoms with Crippen molar-refractivity contribution >= 4 is 23.3 Å². The second-order valence-corrected chi connectivity index (χ2v) is 7.29. The molecular formula is C23H29N3O3. The van der Waals surface area contributed by atoms with E-state index in [1.54, 1.807) is 24.3 Å². The number of carbonyl (C=O) groups is 2. The molecule has 1 fully saturated rings. The van der Waals surface area contributed by atoms with E-state index >= 15 is 0 Å². The molecule has 0 aromatic heterocycles. The molecule has 0 saturated carbocycles. The van der Waals surface area contributed by atoms with Gasteiger partial charge in [-0.25, -0.2) is 4.79 Å². The molecule has 0 radical (unpaired) electrons. The minimum atomic E-state index is -0.260. The van der Waals surface area contributed by atoms with Crippen molar-refractivity contribution in [3.8, 4) is 0 Å².